The molecule has 22 heavy (non-hydrogen) atoms. The highest BCUT2D eigenvalue weighted by atomic mass is 16.5. The SMILES string of the molecule is CC(=O)N1CCC2(CCC(C(=O)NCC3CCOC3)C2)CC1. The highest BCUT2D eigenvalue weighted by molar-refractivity contribution is 5.79. The van der Waals surface area contributed by atoms with Crippen molar-refractivity contribution < 1.29 is 14.3 Å². The lowest BCUT2D eigenvalue weighted by Gasteiger charge is -2.39. The fourth-order valence-corrected chi connectivity index (χ4v) is 4.31. The maximum absolute atomic E-state index is 12.4. The Kier molecular flexibility index (Phi) is 4.71. The van der Waals surface area contributed by atoms with E-state index in [1.807, 2.05) is 4.90 Å². The number of piperidine rings is 1. The van der Waals surface area contributed by atoms with Gasteiger partial charge < -0.3 is 15.0 Å². The number of ether oxygens (including phenoxy) is 1. The Labute approximate surface area is 132 Å². The maximum Gasteiger partial charge on any atom is 0.223 e. The van der Waals surface area contributed by atoms with Crippen LogP contribution in [0.5, 0.6) is 0 Å². The van der Waals surface area contributed by atoms with Gasteiger partial charge in [-0.2, -0.15) is 0 Å². The molecule has 3 rings (SSSR count). The number of hydrogen-bond donors (Lipinski definition) is 1. The number of rotatable bonds is 3. The third-order valence-electron chi connectivity index (χ3n) is 5.93. The van der Waals surface area contributed by atoms with Crippen LogP contribution >= 0.6 is 0 Å². The zero-order valence-electron chi connectivity index (χ0n) is 13.6. The molecule has 2 unspecified atom stereocenters. The standard InChI is InChI=1S/C17H28N2O3/c1-13(20)19-7-5-17(6-8-19)4-2-15(10-17)16(21)18-11-14-3-9-22-12-14/h14-15H,2-12H2,1H3,(H,18,21). The van der Waals surface area contributed by atoms with Crippen LogP contribution in [0, 0.1) is 17.3 Å². The second-order valence-corrected chi connectivity index (χ2v) is 7.42. The van der Waals surface area contributed by atoms with Crippen molar-refractivity contribution in [3.63, 3.8) is 0 Å². The van der Waals surface area contributed by atoms with Crippen LogP contribution in [-0.2, 0) is 14.3 Å². The minimum Gasteiger partial charge on any atom is -0.381 e. The summed E-state index contributed by atoms with van der Waals surface area (Å²) in [6.07, 6.45) is 6.34. The van der Waals surface area contributed by atoms with E-state index < -0.39 is 0 Å². The minimum atomic E-state index is 0.172. The van der Waals surface area contributed by atoms with Crippen molar-refractivity contribution in [2.45, 2.75) is 45.4 Å². The molecule has 0 aromatic rings. The van der Waals surface area contributed by atoms with E-state index in [-0.39, 0.29) is 17.7 Å². The van der Waals surface area contributed by atoms with Crippen LogP contribution in [0.25, 0.3) is 0 Å². The van der Waals surface area contributed by atoms with Gasteiger partial charge in [0.1, 0.15) is 0 Å². The summed E-state index contributed by atoms with van der Waals surface area (Å²) < 4.78 is 5.35. The zero-order chi connectivity index (χ0) is 15.6. The molecule has 1 spiro atoms. The maximum atomic E-state index is 12.4. The lowest BCUT2D eigenvalue weighted by molar-refractivity contribution is -0.131. The van der Waals surface area contributed by atoms with Gasteiger partial charge in [0, 0.05) is 45.0 Å². The van der Waals surface area contributed by atoms with Crippen molar-refractivity contribution in [3.8, 4) is 0 Å². The van der Waals surface area contributed by atoms with Crippen molar-refractivity contribution in [2.75, 3.05) is 32.8 Å². The van der Waals surface area contributed by atoms with Crippen LogP contribution in [0.2, 0.25) is 0 Å². The Morgan fingerprint density at radius 1 is 1.23 bits per heavy atom. The molecule has 0 bridgehead atoms. The molecule has 3 aliphatic rings. The zero-order valence-corrected chi connectivity index (χ0v) is 13.6. The first kappa shape index (κ1) is 15.8. The number of carbonyl (C=O) groups is 2. The van der Waals surface area contributed by atoms with Crippen LogP contribution in [-0.4, -0.2) is 49.6 Å². The van der Waals surface area contributed by atoms with E-state index in [0.717, 1.165) is 71.4 Å². The van der Waals surface area contributed by atoms with Crippen LogP contribution < -0.4 is 5.32 Å². The van der Waals surface area contributed by atoms with Gasteiger partial charge in [0.25, 0.3) is 0 Å². The summed E-state index contributed by atoms with van der Waals surface area (Å²) >= 11 is 0. The third-order valence-corrected chi connectivity index (χ3v) is 5.93. The minimum absolute atomic E-state index is 0.172. The van der Waals surface area contributed by atoms with Gasteiger partial charge in [-0.05, 0) is 43.9 Å². The number of likely N-dealkylation sites (tertiary alicyclic amines) is 1. The summed E-state index contributed by atoms with van der Waals surface area (Å²) in [6, 6.07) is 0. The predicted molar refractivity (Wildman–Crippen MR) is 83.2 cm³/mol. The fourth-order valence-electron chi connectivity index (χ4n) is 4.31. The average Bonchev–Trinajstić information content (AvgIpc) is 3.16. The Bertz CT molecular complexity index is 424. The molecule has 1 aliphatic carbocycles. The quantitative estimate of drug-likeness (QED) is 0.861. The lowest BCUT2D eigenvalue weighted by atomic mass is 9.76. The molecule has 2 saturated heterocycles. The molecule has 5 nitrogen and oxygen atoms in total. The molecule has 5 heteroatoms. The van der Waals surface area contributed by atoms with Gasteiger partial charge in [-0.25, -0.2) is 0 Å². The molecule has 1 saturated carbocycles. The van der Waals surface area contributed by atoms with E-state index in [9.17, 15) is 9.59 Å². The first-order valence-corrected chi connectivity index (χ1v) is 8.69. The highest BCUT2D eigenvalue weighted by Crippen LogP contribution is 2.48. The molecule has 2 amide bonds. The van der Waals surface area contributed by atoms with E-state index in [4.69, 9.17) is 4.74 Å². The largest absolute Gasteiger partial charge is 0.381 e. The topological polar surface area (TPSA) is 58.6 Å². The first-order valence-electron chi connectivity index (χ1n) is 8.69. The molecular weight excluding hydrogens is 280 g/mol. The van der Waals surface area contributed by atoms with Crippen LogP contribution in [0.4, 0.5) is 0 Å². The Balaban J connectivity index is 1.45. The summed E-state index contributed by atoms with van der Waals surface area (Å²) in [4.78, 5) is 25.8. The summed E-state index contributed by atoms with van der Waals surface area (Å²) in [5.41, 5.74) is 0.310. The Hall–Kier alpha value is -1.10. The highest BCUT2D eigenvalue weighted by Gasteiger charge is 2.43. The van der Waals surface area contributed by atoms with Gasteiger partial charge in [-0.3, -0.25) is 9.59 Å². The molecule has 124 valence electrons. The molecule has 0 radical (unpaired) electrons. The van der Waals surface area contributed by atoms with Gasteiger partial charge in [0.2, 0.25) is 11.8 Å². The summed E-state index contributed by atoms with van der Waals surface area (Å²) in [6.45, 7) is 5.76. The van der Waals surface area contributed by atoms with E-state index in [1.54, 1.807) is 6.92 Å². The van der Waals surface area contributed by atoms with Crippen LogP contribution in [0.3, 0.4) is 0 Å². The number of nitrogens with zero attached hydrogens (tertiary/aromatic N) is 1. The van der Waals surface area contributed by atoms with Crippen LogP contribution in [0.1, 0.15) is 45.4 Å². The van der Waals surface area contributed by atoms with E-state index in [1.165, 1.54) is 0 Å². The summed E-state index contributed by atoms with van der Waals surface area (Å²) in [5, 5.41) is 3.13. The fraction of sp³-hybridized carbons (Fsp3) is 0.882. The Morgan fingerprint density at radius 3 is 2.64 bits per heavy atom. The van der Waals surface area contributed by atoms with Gasteiger partial charge in [0.15, 0.2) is 0 Å². The predicted octanol–water partition coefficient (Wildman–Crippen LogP) is 1.57. The monoisotopic (exact) mass is 308 g/mol. The smallest absolute Gasteiger partial charge is 0.223 e. The normalized spacial score (nSPS) is 30.7. The van der Waals surface area contributed by atoms with E-state index in [0.29, 0.717) is 11.3 Å². The second-order valence-electron chi connectivity index (χ2n) is 7.42. The van der Waals surface area contributed by atoms with Gasteiger partial charge in [-0.15, -0.1) is 0 Å². The van der Waals surface area contributed by atoms with Crippen molar-refractivity contribution in [2.24, 2.45) is 17.3 Å². The molecule has 0 aromatic heterocycles. The van der Waals surface area contributed by atoms with Crippen LogP contribution in [0.15, 0.2) is 0 Å². The molecule has 1 N–H and O–H groups in total. The number of hydrogen-bond acceptors (Lipinski definition) is 3. The molecule has 2 atom stereocenters. The lowest BCUT2D eigenvalue weighted by Crippen LogP contribution is -2.42. The van der Waals surface area contributed by atoms with Gasteiger partial charge >= 0.3 is 0 Å². The van der Waals surface area contributed by atoms with Crippen molar-refractivity contribution in [1.29, 1.82) is 0 Å². The van der Waals surface area contributed by atoms with Crippen molar-refractivity contribution in [1.82, 2.24) is 10.2 Å². The van der Waals surface area contributed by atoms with E-state index in [2.05, 4.69) is 5.32 Å². The van der Waals surface area contributed by atoms with Crippen molar-refractivity contribution >= 4 is 11.8 Å². The molecule has 0 aromatic carbocycles. The second kappa shape index (κ2) is 6.57. The molecule has 2 aliphatic heterocycles. The average molecular weight is 308 g/mol. The summed E-state index contributed by atoms with van der Waals surface area (Å²) in [5.74, 6) is 1.09. The molecular formula is C17H28N2O3. The number of carbonyl (C=O) groups excluding carboxylic acids is 2. The Morgan fingerprint density at radius 2 is 2.00 bits per heavy atom. The van der Waals surface area contributed by atoms with Gasteiger partial charge in [0.05, 0.1) is 6.61 Å². The molecule has 3 fully saturated rings. The van der Waals surface area contributed by atoms with E-state index >= 15 is 0 Å². The first-order chi connectivity index (χ1) is 10.6. The third kappa shape index (κ3) is 3.45. The summed E-state index contributed by atoms with van der Waals surface area (Å²) in [7, 11) is 0. The molecule has 2 heterocycles. The number of nitrogens with one attached hydrogen (secondary N) is 1. The van der Waals surface area contributed by atoms with Gasteiger partial charge in [-0.1, -0.05) is 0 Å². The van der Waals surface area contributed by atoms with Crippen molar-refractivity contribution in [3.05, 3.63) is 0 Å². The number of amides is 2.